The van der Waals surface area contributed by atoms with E-state index in [9.17, 15) is 9.59 Å². The van der Waals surface area contributed by atoms with E-state index in [-0.39, 0.29) is 17.9 Å². The summed E-state index contributed by atoms with van der Waals surface area (Å²) < 4.78 is 0. The van der Waals surface area contributed by atoms with Crippen LogP contribution in [0.2, 0.25) is 5.02 Å². The molecular weight excluding hydrogens is 582 g/mol. The van der Waals surface area contributed by atoms with Gasteiger partial charge in [-0.25, -0.2) is 15.0 Å². The van der Waals surface area contributed by atoms with Crippen molar-refractivity contribution < 1.29 is 9.59 Å². The van der Waals surface area contributed by atoms with Crippen LogP contribution in [0, 0.1) is 0 Å². The third-order valence-electron chi connectivity index (χ3n) is 8.03. The average molecular weight is 616 g/mol. The van der Waals surface area contributed by atoms with Gasteiger partial charge in [0.15, 0.2) is 5.82 Å². The van der Waals surface area contributed by atoms with Crippen LogP contribution in [0.3, 0.4) is 0 Å². The number of likely N-dealkylation sites (N-methyl/N-ethyl adjacent to an activating group) is 1. The first-order chi connectivity index (χ1) is 21.2. The Kier molecular flexibility index (Phi) is 8.15. The van der Waals surface area contributed by atoms with Gasteiger partial charge in [-0.05, 0) is 44.7 Å². The highest BCUT2D eigenvalue weighted by Crippen LogP contribution is 2.32. The molecule has 4 aromatic rings. The lowest BCUT2D eigenvalue weighted by atomic mass is 10.0. The Morgan fingerprint density at radius 3 is 2.57 bits per heavy atom. The second-order valence-electron chi connectivity index (χ2n) is 11.2. The zero-order valence-electron chi connectivity index (χ0n) is 25.0. The number of nitrogens with one attached hydrogen (secondary N) is 2. The number of amides is 2. The average Bonchev–Trinajstić information content (AvgIpc) is 3.59. The molecular formula is C30H34ClN11O2. The molecule has 6 rings (SSSR count). The molecule has 14 heteroatoms. The quantitative estimate of drug-likeness (QED) is 0.304. The fourth-order valence-corrected chi connectivity index (χ4v) is 5.57. The third-order valence-corrected chi connectivity index (χ3v) is 8.31. The lowest BCUT2D eigenvalue weighted by molar-refractivity contribution is -0.125. The predicted octanol–water partition coefficient (Wildman–Crippen LogP) is 3.04. The molecule has 0 saturated carbocycles. The minimum atomic E-state index is -0.688. The lowest BCUT2D eigenvalue weighted by Crippen LogP contribution is -2.46. The van der Waals surface area contributed by atoms with E-state index in [1.54, 1.807) is 31.1 Å². The first-order valence-corrected chi connectivity index (χ1v) is 14.8. The summed E-state index contributed by atoms with van der Waals surface area (Å²) in [5, 5.41) is 14.6. The summed E-state index contributed by atoms with van der Waals surface area (Å²) in [4.78, 5) is 48.1. The highest BCUT2D eigenvalue weighted by Gasteiger charge is 2.35. The van der Waals surface area contributed by atoms with Crippen LogP contribution in [0.25, 0.3) is 11.3 Å². The van der Waals surface area contributed by atoms with Crippen LogP contribution >= 0.6 is 11.6 Å². The molecule has 3 aromatic heterocycles. The molecule has 1 saturated heterocycles. The molecule has 2 aliphatic rings. The fraction of sp³-hybridized carbons (Fsp3) is 0.367. The summed E-state index contributed by atoms with van der Waals surface area (Å²) in [6, 6.07) is 10.4. The number of aromatic nitrogens is 6. The maximum Gasteiger partial charge on any atom is 0.255 e. The van der Waals surface area contributed by atoms with Gasteiger partial charge < -0.3 is 25.3 Å². The molecule has 1 fully saturated rings. The molecule has 0 bridgehead atoms. The molecule has 2 aliphatic heterocycles. The molecule has 13 nitrogen and oxygen atoms in total. The minimum absolute atomic E-state index is 0.226. The second kappa shape index (κ2) is 12.2. The highest BCUT2D eigenvalue weighted by atomic mass is 35.5. The van der Waals surface area contributed by atoms with Gasteiger partial charge in [0.1, 0.15) is 11.9 Å². The first-order valence-electron chi connectivity index (χ1n) is 14.5. The van der Waals surface area contributed by atoms with Gasteiger partial charge in [-0.3, -0.25) is 9.59 Å². The van der Waals surface area contributed by atoms with Crippen molar-refractivity contribution in [2.24, 2.45) is 7.05 Å². The van der Waals surface area contributed by atoms with Gasteiger partial charge in [-0.2, -0.15) is 9.90 Å². The number of carbonyl (C=O) groups excluding carboxylic acids is 2. The number of carbonyl (C=O) groups is 2. The van der Waals surface area contributed by atoms with Crippen LogP contribution in [0.5, 0.6) is 0 Å². The molecule has 2 amide bonds. The molecule has 5 heterocycles. The highest BCUT2D eigenvalue weighted by molar-refractivity contribution is 6.33. The van der Waals surface area contributed by atoms with Gasteiger partial charge >= 0.3 is 0 Å². The molecule has 0 aliphatic carbocycles. The van der Waals surface area contributed by atoms with Gasteiger partial charge in [0.25, 0.3) is 5.91 Å². The fourth-order valence-electron chi connectivity index (χ4n) is 5.37. The number of hydrogen-bond donors (Lipinski definition) is 2. The summed E-state index contributed by atoms with van der Waals surface area (Å²) >= 11 is 6.46. The van der Waals surface area contributed by atoms with E-state index in [0.717, 1.165) is 43.3 Å². The van der Waals surface area contributed by atoms with E-state index in [2.05, 4.69) is 47.6 Å². The number of nitrogens with zero attached hydrogens (tertiary/aromatic N) is 9. The van der Waals surface area contributed by atoms with Crippen LogP contribution in [0.4, 0.5) is 17.6 Å². The van der Waals surface area contributed by atoms with Gasteiger partial charge in [-0.15, -0.1) is 5.10 Å². The molecule has 1 aromatic carbocycles. The number of fused-ring (bicyclic) bond motifs is 1. The third kappa shape index (κ3) is 6.06. The van der Waals surface area contributed by atoms with E-state index in [1.165, 1.54) is 11.0 Å². The van der Waals surface area contributed by atoms with Crippen molar-refractivity contribution in [2.75, 3.05) is 43.4 Å². The summed E-state index contributed by atoms with van der Waals surface area (Å²) in [6.45, 7) is 7.77. The van der Waals surface area contributed by atoms with Crippen LogP contribution in [-0.4, -0.2) is 90.8 Å². The number of hydrogen-bond acceptors (Lipinski definition) is 10. The Bertz CT molecular complexity index is 1700. The molecule has 2 N–H and O–H groups in total. The van der Waals surface area contributed by atoms with Crippen LogP contribution in [0.1, 0.15) is 41.5 Å². The van der Waals surface area contributed by atoms with Crippen molar-refractivity contribution >= 4 is 41.0 Å². The van der Waals surface area contributed by atoms with Crippen molar-refractivity contribution in [3.8, 4) is 11.3 Å². The topological polar surface area (TPSA) is 137 Å². The Hall–Kier alpha value is -4.62. The number of anilines is 3. The van der Waals surface area contributed by atoms with Gasteiger partial charge in [0, 0.05) is 50.9 Å². The first kappa shape index (κ1) is 29.5. The zero-order valence-corrected chi connectivity index (χ0v) is 25.8. The van der Waals surface area contributed by atoms with E-state index in [4.69, 9.17) is 16.6 Å². The number of piperazine rings is 1. The normalized spacial score (nSPS) is 16.5. The number of halogens is 1. The van der Waals surface area contributed by atoms with E-state index >= 15 is 0 Å². The van der Waals surface area contributed by atoms with Crippen molar-refractivity contribution in [1.82, 2.24) is 45.1 Å². The van der Waals surface area contributed by atoms with E-state index in [0.29, 0.717) is 40.2 Å². The van der Waals surface area contributed by atoms with Gasteiger partial charge in [0.05, 0.1) is 34.8 Å². The largest absolute Gasteiger partial charge is 0.354 e. The molecule has 228 valence electrons. The van der Waals surface area contributed by atoms with Gasteiger partial charge in [0.2, 0.25) is 11.9 Å². The minimum Gasteiger partial charge on any atom is -0.354 e. The van der Waals surface area contributed by atoms with Crippen LogP contribution in [0.15, 0.2) is 48.8 Å². The van der Waals surface area contributed by atoms with E-state index in [1.807, 2.05) is 37.3 Å². The molecule has 2 atom stereocenters. The summed E-state index contributed by atoms with van der Waals surface area (Å²) in [7, 11) is 3.83. The smallest absolute Gasteiger partial charge is 0.255 e. The standard InChI is InChI=1S/C30H34ClN11O2/c1-18(24-6-5-7-26(35-24)41-12-10-39(3)11-13-41)34-28(43)19(2)42-17-21-9-8-20(14-22(21)29(42)44)27-23(31)15-32-30(37-27)36-25-16-33-40(4)38-25/h5-9,14-16,18-19H,10-13,17H2,1-4H3,(H,34,43)(H,32,36,37,38)/t18-,19-/m1/s1. The lowest BCUT2D eigenvalue weighted by Gasteiger charge is -2.33. The van der Waals surface area contributed by atoms with Crippen LogP contribution in [-0.2, 0) is 18.4 Å². The monoisotopic (exact) mass is 615 g/mol. The van der Waals surface area contributed by atoms with Crippen molar-refractivity contribution in [3.05, 3.63) is 70.6 Å². The Morgan fingerprint density at radius 1 is 1.02 bits per heavy atom. The molecule has 0 unspecified atom stereocenters. The van der Waals surface area contributed by atoms with E-state index < -0.39 is 6.04 Å². The van der Waals surface area contributed by atoms with Crippen molar-refractivity contribution in [2.45, 2.75) is 32.5 Å². The number of pyridine rings is 1. The maximum atomic E-state index is 13.5. The summed E-state index contributed by atoms with van der Waals surface area (Å²) in [5.74, 6) is 1.22. The molecule has 0 radical (unpaired) electrons. The summed E-state index contributed by atoms with van der Waals surface area (Å²) in [6.07, 6.45) is 3.05. The Morgan fingerprint density at radius 2 is 1.82 bits per heavy atom. The Balaban J connectivity index is 1.13. The SMILES string of the molecule is C[C@H](C(=O)N[C@H](C)c1cccc(N2CCN(C)CC2)n1)N1Cc2ccc(-c3nc(Nc4cnn(C)n4)ncc3Cl)cc2C1=O. The Labute approximate surface area is 260 Å². The summed E-state index contributed by atoms with van der Waals surface area (Å²) in [5.41, 5.74) is 3.24. The number of benzene rings is 1. The molecule has 44 heavy (non-hydrogen) atoms. The van der Waals surface area contributed by atoms with Crippen molar-refractivity contribution in [3.63, 3.8) is 0 Å². The van der Waals surface area contributed by atoms with Crippen molar-refractivity contribution in [1.29, 1.82) is 0 Å². The number of aryl methyl sites for hydroxylation is 1. The zero-order chi connectivity index (χ0) is 31.0. The predicted molar refractivity (Wildman–Crippen MR) is 167 cm³/mol. The molecule has 0 spiro atoms. The van der Waals surface area contributed by atoms with Crippen LogP contribution < -0.4 is 15.5 Å². The van der Waals surface area contributed by atoms with Gasteiger partial charge in [-0.1, -0.05) is 29.8 Å². The number of rotatable bonds is 8. The second-order valence-corrected chi connectivity index (χ2v) is 11.6. The maximum absolute atomic E-state index is 13.5.